The number of aliphatic hydroxyl groups is 1. The summed E-state index contributed by atoms with van der Waals surface area (Å²) in [6, 6.07) is 6.77. The largest absolute Gasteiger partial charge is 0.392 e. The molecular formula is C15H25NO. The van der Waals surface area contributed by atoms with Crippen LogP contribution in [-0.4, -0.2) is 18.2 Å². The second-order valence-electron chi connectivity index (χ2n) is 5.38. The molecule has 1 rings (SSSR count). The van der Waals surface area contributed by atoms with Crippen LogP contribution in [0.25, 0.3) is 0 Å². The summed E-state index contributed by atoms with van der Waals surface area (Å²) >= 11 is 0. The van der Waals surface area contributed by atoms with Crippen LogP contribution in [0.3, 0.4) is 0 Å². The summed E-state index contributed by atoms with van der Waals surface area (Å²) in [6.45, 7) is 8.89. The Morgan fingerprint density at radius 2 is 1.88 bits per heavy atom. The summed E-state index contributed by atoms with van der Waals surface area (Å²) in [5.74, 6) is 0.690. The van der Waals surface area contributed by atoms with Gasteiger partial charge in [0.25, 0.3) is 0 Å². The Labute approximate surface area is 105 Å². The number of aliphatic hydroxyl groups excluding tert-OH is 1. The van der Waals surface area contributed by atoms with E-state index in [1.165, 1.54) is 5.56 Å². The van der Waals surface area contributed by atoms with Gasteiger partial charge in [-0.25, -0.2) is 0 Å². The minimum atomic E-state index is 0.107. The standard InChI is InChI=1S/C15H25NO/c1-11(2)8-13(4)16(5)15-7-6-12(3)9-14(15)10-17/h6-7,9,11,13,17H,8,10H2,1-5H3. The van der Waals surface area contributed by atoms with E-state index in [4.69, 9.17) is 0 Å². The van der Waals surface area contributed by atoms with Gasteiger partial charge in [0, 0.05) is 24.3 Å². The van der Waals surface area contributed by atoms with Crippen molar-refractivity contribution in [3.63, 3.8) is 0 Å². The molecule has 96 valence electrons. The zero-order valence-electron chi connectivity index (χ0n) is 11.7. The van der Waals surface area contributed by atoms with Gasteiger partial charge in [-0.15, -0.1) is 0 Å². The van der Waals surface area contributed by atoms with E-state index in [2.05, 4.69) is 57.8 Å². The van der Waals surface area contributed by atoms with Crippen LogP contribution in [0.2, 0.25) is 0 Å². The van der Waals surface area contributed by atoms with E-state index in [9.17, 15) is 5.11 Å². The molecule has 1 N–H and O–H groups in total. The van der Waals surface area contributed by atoms with Crippen LogP contribution in [0.15, 0.2) is 18.2 Å². The zero-order valence-corrected chi connectivity index (χ0v) is 11.7. The fourth-order valence-corrected chi connectivity index (χ4v) is 2.26. The molecule has 17 heavy (non-hydrogen) atoms. The topological polar surface area (TPSA) is 23.5 Å². The quantitative estimate of drug-likeness (QED) is 0.846. The SMILES string of the molecule is Cc1ccc(N(C)C(C)CC(C)C)c(CO)c1. The first-order valence-electron chi connectivity index (χ1n) is 6.39. The van der Waals surface area contributed by atoms with Gasteiger partial charge in [-0.2, -0.15) is 0 Å². The Morgan fingerprint density at radius 1 is 1.24 bits per heavy atom. The molecule has 0 spiro atoms. The van der Waals surface area contributed by atoms with Gasteiger partial charge in [0.2, 0.25) is 0 Å². The van der Waals surface area contributed by atoms with Crippen LogP contribution in [0.4, 0.5) is 5.69 Å². The highest BCUT2D eigenvalue weighted by molar-refractivity contribution is 5.54. The number of aryl methyl sites for hydroxylation is 1. The third-order valence-corrected chi connectivity index (χ3v) is 3.26. The van der Waals surface area contributed by atoms with Crippen molar-refractivity contribution in [1.29, 1.82) is 0 Å². The molecule has 0 aliphatic heterocycles. The monoisotopic (exact) mass is 235 g/mol. The predicted molar refractivity (Wildman–Crippen MR) is 74.4 cm³/mol. The van der Waals surface area contributed by atoms with Crippen molar-refractivity contribution in [3.05, 3.63) is 29.3 Å². The molecule has 0 aliphatic rings. The summed E-state index contributed by atoms with van der Waals surface area (Å²) in [5.41, 5.74) is 3.36. The normalized spacial score (nSPS) is 12.9. The van der Waals surface area contributed by atoms with Crippen molar-refractivity contribution in [1.82, 2.24) is 0 Å². The molecule has 0 radical (unpaired) electrons. The lowest BCUT2D eigenvalue weighted by atomic mass is 10.0. The van der Waals surface area contributed by atoms with Gasteiger partial charge in [0.15, 0.2) is 0 Å². The number of hydrogen-bond acceptors (Lipinski definition) is 2. The third-order valence-electron chi connectivity index (χ3n) is 3.26. The number of anilines is 1. The highest BCUT2D eigenvalue weighted by Gasteiger charge is 2.14. The van der Waals surface area contributed by atoms with Crippen molar-refractivity contribution < 1.29 is 5.11 Å². The number of nitrogens with zero attached hydrogens (tertiary/aromatic N) is 1. The van der Waals surface area contributed by atoms with Crippen LogP contribution in [-0.2, 0) is 6.61 Å². The van der Waals surface area contributed by atoms with E-state index in [1.807, 2.05) is 0 Å². The van der Waals surface area contributed by atoms with Crippen molar-refractivity contribution in [2.75, 3.05) is 11.9 Å². The second-order valence-corrected chi connectivity index (χ2v) is 5.38. The fraction of sp³-hybridized carbons (Fsp3) is 0.600. The molecule has 0 saturated heterocycles. The predicted octanol–water partition coefficient (Wildman–Crippen LogP) is 3.36. The molecular weight excluding hydrogens is 210 g/mol. The molecule has 1 atom stereocenters. The van der Waals surface area contributed by atoms with E-state index in [0.717, 1.165) is 17.7 Å². The van der Waals surface area contributed by atoms with Crippen molar-refractivity contribution in [2.24, 2.45) is 5.92 Å². The summed E-state index contributed by atoms with van der Waals surface area (Å²) in [6.07, 6.45) is 1.16. The molecule has 0 bridgehead atoms. The van der Waals surface area contributed by atoms with Crippen LogP contribution in [0.1, 0.15) is 38.3 Å². The average molecular weight is 235 g/mol. The molecule has 0 heterocycles. The van der Waals surface area contributed by atoms with Crippen molar-refractivity contribution in [2.45, 2.75) is 46.8 Å². The van der Waals surface area contributed by atoms with Gasteiger partial charge < -0.3 is 10.0 Å². The van der Waals surface area contributed by atoms with Gasteiger partial charge in [-0.3, -0.25) is 0 Å². The molecule has 0 saturated carbocycles. The maximum atomic E-state index is 9.43. The van der Waals surface area contributed by atoms with Crippen LogP contribution >= 0.6 is 0 Å². The fourth-order valence-electron chi connectivity index (χ4n) is 2.26. The number of hydrogen-bond donors (Lipinski definition) is 1. The molecule has 1 aromatic carbocycles. The first kappa shape index (κ1) is 14.0. The lowest BCUT2D eigenvalue weighted by Crippen LogP contribution is -2.30. The molecule has 2 nitrogen and oxygen atoms in total. The minimum absolute atomic E-state index is 0.107. The van der Waals surface area contributed by atoms with E-state index >= 15 is 0 Å². The van der Waals surface area contributed by atoms with Crippen LogP contribution < -0.4 is 4.90 Å². The Morgan fingerprint density at radius 3 is 2.41 bits per heavy atom. The van der Waals surface area contributed by atoms with Crippen LogP contribution in [0.5, 0.6) is 0 Å². The lowest BCUT2D eigenvalue weighted by molar-refractivity contribution is 0.282. The molecule has 2 heteroatoms. The summed E-state index contributed by atoms with van der Waals surface area (Å²) < 4.78 is 0. The highest BCUT2D eigenvalue weighted by atomic mass is 16.3. The van der Waals surface area contributed by atoms with E-state index in [0.29, 0.717) is 12.0 Å². The van der Waals surface area contributed by atoms with E-state index in [1.54, 1.807) is 0 Å². The molecule has 1 aromatic rings. The minimum Gasteiger partial charge on any atom is -0.392 e. The van der Waals surface area contributed by atoms with Gasteiger partial charge in [-0.1, -0.05) is 31.5 Å². The number of benzene rings is 1. The molecule has 0 amide bonds. The zero-order chi connectivity index (χ0) is 13.0. The van der Waals surface area contributed by atoms with Crippen LogP contribution in [0, 0.1) is 12.8 Å². The van der Waals surface area contributed by atoms with Crippen molar-refractivity contribution >= 4 is 5.69 Å². The molecule has 0 aliphatic carbocycles. The highest BCUT2D eigenvalue weighted by Crippen LogP contribution is 2.24. The van der Waals surface area contributed by atoms with Gasteiger partial charge >= 0.3 is 0 Å². The van der Waals surface area contributed by atoms with Crippen molar-refractivity contribution in [3.8, 4) is 0 Å². The molecule has 0 aromatic heterocycles. The molecule has 0 fully saturated rings. The van der Waals surface area contributed by atoms with Gasteiger partial charge in [-0.05, 0) is 32.3 Å². The maximum Gasteiger partial charge on any atom is 0.0702 e. The van der Waals surface area contributed by atoms with E-state index in [-0.39, 0.29) is 6.61 Å². The Balaban J connectivity index is 2.91. The van der Waals surface area contributed by atoms with Gasteiger partial charge in [0.05, 0.1) is 6.61 Å². The second kappa shape index (κ2) is 6.06. The van der Waals surface area contributed by atoms with Gasteiger partial charge in [0.1, 0.15) is 0 Å². The first-order valence-corrected chi connectivity index (χ1v) is 6.39. The summed E-state index contributed by atoms with van der Waals surface area (Å²) in [5, 5.41) is 9.43. The Hall–Kier alpha value is -1.02. The average Bonchev–Trinajstić information content (AvgIpc) is 2.27. The summed E-state index contributed by atoms with van der Waals surface area (Å²) in [7, 11) is 2.11. The maximum absolute atomic E-state index is 9.43. The van der Waals surface area contributed by atoms with E-state index < -0.39 is 0 Å². The lowest BCUT2D eigenvalue weighted by Gasteiger charge is -2.30. The summed E-state index contributed by atoms with van der Waals surface area (Å²) in [4.78, 5) is 2.27. The Bertz CT molecular complexity index is 360. The third kappa shape index (κ3) is 3.74. The number of rotatable bonds is 5. The smallest absolute Gasteiger partial charge is 0.0702 e. The first-order chi connectivity index (χ1) is 7.95. The molecule has 1 unspecified atom stereocenters. The Kier molecular flexibility index (Phi) is 5.01.